The van der Waals surface area contributed by atoms with Gasteiger partial charge in [-0.3, -0.25) is 5.41 Å². The van der Waals surface area contributed by atoms with E-state index >= 15 is 0 Å². The zero-order valence-electron chi connectivity index (χ0n) is 12.9. The molecular formula is C17H23N3O2. The zero-order chi connectivity index (χ0) is 15.9. The molecule has 1 aliphatic heterocycles. The molecule has 0 saturated carbocycles. The van der Waals surface area contributed by atoms with Crippen LogP contribution in [0.4, 0.5) is 5.69 Å². The van der Waals surface area contributed by atoms with Crippen LogP contribution in [-0.4, -0.2) is 25.0 Å². The van der Waals surface area contributed by atoms with Crippen LogP contribution < -0.4 is 11.1 Å². The fraction of sp³-hybridized carbons (Fsp3) is 0.412. The average molecular weight is 301 g/mol. The Hall–Kier alpha value is -2.30. The second kappa shape index (κ2) is 7.64. The molecule has 118 valence electrons. The number of rotatable bonds is 4. The van der Waals surface area contributed by atoms with Crippen molar-refractivity contribution in [3.8, 4) is 0 Å². The van der Waals surface area contributed by atoms with Gasteiger partial charge in [0.05, 0.1) is 18.5 Å². The van der Waals surface area contributed by atoms with Crippen molar-refractivity contribution >= 4 is 23.6 Å². The number of amidine groups is 1. The van der Waals surface area contributed by atoms with Crippen molar-refractivity contribution in [2.24, 2.45) is 0 Å². The van der Waals surface area contributed by atoms with E-state index in [1.165, 1.54) is 7.11 Å². The summed E-state index contributed by atoms with van der Waals surface area (Å²) in [5.41, 5.74) is 7.54. The molecule has 1 aliphatic rings. The highest BCUT2D eigenvalue weighted by Crippen LogP contribution is 2.18. The number of anilines is 1. The van der Waals surface area contributed by atoms with Gasteiger partial charge in [0.1, 0.15) is 0 Å². The van der Waals surface area contributed by atoms with Crippen molar-refractivity contribution in [3.05, 3.63) is 35.4 Å². The van der Waals surface area contributed by atoms with E-state index in [4.69, 9.17) is 15.9 Å². The molecule has 4 N–H and O–H groups in total. The average Bonchev–Trinajstić information content (AvgIpc) is 2.72. The first-order valence-corrected chi connectivity index (χ1v) is 7.58. The van der Waals surface area contributed by atoms with Crippen LogP contribution in [-0.2, 0) is 4.74 Å². The summed E-state index contributed by atoms with van der Waals surface area (Å²) in [6, 6.07) is 5.51. The molecule has 1 saturated heterocycles. The quantitative estimate of drug-likeness (QED) is 0.589. The molecule has 1 aromatic carbocycles. The van der Waals surface area contributed by atoms with E-state index in [0.717, 1.165) is 37.7 Å². The number of nitrogen functional groups attached to an aromatic ring is 1. The maximum absolute atomic E-state index is 11.8. The van der Waals surface area contributed by atoms with E-state index in [1.54, 1.807) is 12.1 Å². The van der Waals surface area contributed by atoms with Crippen molar-refractivity contribution in [3.63, 3.8) is 0 Å². The Morgan fingerprint density at radius 2 is 2.32 bits per heavy atom. The van der Waals surface area contributed by atoms with Gasteiger partial charge in [0.25, 0.3) is 0 Å². The maximum atomic E-state index is 11.8. The predicted molar refractivity (Wildman–Crippen MR) is 89.0 cm³/mol. The molecule has 1 aromatic rings. The molecule has 2 rings (SSSR count). The van der Waals surface area contributed by atoms with E-state index in [2.05, 4.69) is 5.32 Å². The third kappa shape index (κ3) is 4.35. The molecule has 1 heterocycles. The van der Waals surface area contributed by atoms with Crippen LogP contribution in [0, 0.1) is 5.41 Å². The molecule has 0 amide bonds. The highest BCUT2D eigenvalue weighted by molar-refractivity contribution is 5.94. The second-order valence-electron chi connectivity index (χ2n) is 5.54. The van der Waals surface area contributed by atoms with Gasteiger partial charge in [-0.1, -0.05) is 24.6 Å². The van der Waals surface area contributed by atoms with E-state index in [1.807, 2.05) is 18.2 Å². The number of carbonyl (C=O) groups excluding carboxylic acids is 1. The topological polar surface area (TPSA) is 88.2 Å². The molecule has 1 unspecified atom stereocenters. The minimum Gasteiger partial charge on any atom is -0.465 e. The predicted octanol–water partition coefficient (Wildman–Crippen LogP) is 2.97. The summed E-state index contributed by atoms with van der Waals surface area (Å²) in [7, 11) is 1.36. The largest absolute Gasteiger partial charge is 0.465 e. The zero-order valence-corrected chi connectivity index (χ0v) is 12.9. The number of carbonyl (C=O) groups is 1. The number of nitrogens with two attached hydrogens (primary N) is 1. The van der Waals surface area contributed by atoms with E-state index in [-0.39, 0.29) is 5.97 Å². The molecule has 5 heteroatoms. The first-order valence-electron chi connectivity index (χ1n) is 7.58. The molecule has 0 spiro atoms. The smallest absolute Gasteiger partial charge is 0.338 e. The van der Waals surface area contributed by atoms with Crippen LogP contribution in [0.1, 0.15) is 48.0 Å². The lowest BCUT2D eigenvalue weighted by molar-refractivity contribution is 0.0600. The van der Waals surface area contributed by atoms with E-state index in [0.29, 0.717) is 23.1 Å². The lowest BCUT2D eigenvalue weighted by Gasteiger charge is -2.14. The van der Waals surface area contributed by atoms with E-state index in [9.17, 15) is 4.79 Å². The third-order valence-corrected chi connectivity index (χ3v) is 3.81. The van der Waals surface area contributed by atoms with Crippen molar-refractivity contribution in [1.29, 1.82) is 5.41 Å². The van der Waals surface area contributed by atoms with Gasteiger partial charge in [-0.2, -0.15) is 0 Å². The van der Waals surface area contributed by atoms with Gasteiger partial charge in [-0.25, -0.2) is 4.79 Å². The highest BCUT2D eigenvalue weighted by Gasteiger charge is 2.13. The molecule has 1 fully saturated rings. The normalized spacial score (nSPS) is 18.8. The van der Waals surface area contributed by atoms with Crippen LogP contribution >= 0.6 is 0 Å². The SMILES string of the molecule is COC(=O)c1cc(N)ccc1/C=C/CC1CCCCC(=N)N1. The molecule has 0 bridgehead atoms. The number of hydrogen-bond acceptors (Lipinski definition) is 4. The molecular weight excluding hydrogens is 278 g/mol. The van der Waals surface area contributed by atoms with Crippen molar-refractivity contribution in [2.45, 2.75) is 38.1 Å². The number of methoxy groups -OCH3 is 1. The number of nitrogens with one attached hydrogen (secondary N) is 2. The summed E-state index contributed by atoms with van der Waals surface area (Å²) in [5.74, 6) is 0.236. The third-order valence-electron chi connectivity index (χ3n) is 3.81. The molecule has 0 radical (unpaired) electrons. The van der Waals surface area contributed by atoms with Crippen LogP contribution in [0.25, 0.3) is 6.08 Å². The molecule has 0 aliphatic carbocycles. The van der Waals surface area contributed by atoms with Gasteiger partial charge in [-0.15, -0.1) is 0 Å². The van der Waals surface area contributed by atoms with Crippen molar-refractivity contribution < 1.29 is 9.53 Å². The molecule has 22 heavy (non-hydrogen) atoms. The maximum Gasteiger partial charge on any atom is 0.338 e. The Morgan fingerprint density at radius 3 is 3.09 bits per heavy atom. The summed E-state index contributed by atoms with van der Waals surface area (Å²) >= 11 is 0. The van der Waals surface area contributed by atoms with Crippen LogP contribution in [0.5, 0.6) is 0 Å². The second-order valence-corrected chi connectivity index (χ2v) is 5.54. The van der Waals surface area contributed by atoms with Gasteiger partial charge in [0.2, 0.25) is 0 Å². The lowest BCUT2D eigenvalue weighted by Crippen LogP contribution is -2.31. The summed E-state index contributed by atoms with van der Waals surface area (Å²) < 4.78 is 4.79. The monoisotopic (exact) mass is 301 g/mol. The Kier molecular flexibility index (Phi) is 5.58. The lowest BCUT2D eigenvalue weighted by atomic mass is 10.0. The Labute approximate surface area is 131 Å². The van der Waals surface area contributed by atoms with Gasteiger partial charge in [0, 0.05) is 18.2 Å². The van der Waals surface area contributed by atoms with Crippen molar-refractivity contribution in [2.75, 3.05) is 12.8 Å². The number of ether oxygens (including phenoxy) is 1. The summed E-state index contributed by atoms with van der Waals surface area (Å²) in [4.78, 5) is 11.8. The number of benzene rings is 1. The first-order chi connectivity index (χ1) is 10.6. The van der Waals surface area contributed by atoms with Crippen molar-refractivity contribution in [1.82, 2.24) is 5.32 Å². The standard InChI is InChI=1S/C17H23N3O2/c1-22-17(21)15-11-13(18)10-9-12(15)5-4-7-14-6-2-3-8-16(19)20-14/h4-5,9-11,14H,2-3,6-8,18H2,1H3,(H2,19,20)/b5-4+. The number of hydrogen-bond donors (Lipinski definition) is 3. The van der Waals surface area contributed by atoms with Gasteiger partial charge >= 0.3 is 5.97 Å². The minimum absolute atomic E-state index is 0.293. The van der Waals surface area contributed by atoms with Crippen LogP contribution in [0.3, 0.4) is 0 Å². The fourth-order valence-electron chi connectivity index (χ4n) is 2.63. The van der Waals surface area contributed by atoms with E-state index < -0.39 is 0 Å². The fourth-order valence-corrected chi connectivity index (χ4v) is 2.63. The Balaban J connectivity index is 2.06. The van der Waals surface area contributed by atoms with Crippen LogP contribution in [0.15, 0.2) is 24.3 Å². The summed E-state index contributed by atoms with van der Waals surface area (Å²) in [6.45, 7) is 0. The van der Waals surface area contributed by atoms with Gasteiger partial charge in [-0.05, 0) is 37.0 Å². The molecule has 5 nitrogen and oxygen atoms in total. The number of esters is 1. The highest BCUT2D eigenvalue weighted by atomic mass is 16.5. The molecule has 0 aromatic heterocycles. The van der Waals surface area contributed by atoms with Crippen LogP contribution in [0.2, 0.25) is 0 Å². The summed E-state index contributed by atoms with van der Waals surface area (Å²) in [5, 5.41) is 11.0. The Bertz CT molecular complexity index is 581. The minimum atomic E-state index is -0.388. The molecule has 1 atom stereocenters. The Morgan fingerprint density at radius 1 is 1.50 bits per heavy atom. The summed E-state index contributed by atoms with van der Waals surface area (Å²) in [6.07, 6.45) is 8.91. The van der Waals surface area contributed by atoms with Gasteiger partial charge in [0.15, 0.2) is 0 Å². The van der Waals surface area contributed by atoms with Gasteiger partial charge < -0.3 is 15.8 Å². The first kappa shape index (κ1) is 16.1.